The summed E-state index contributed by atoms with van der Waals surface area (Å²) >= 11 is 0. The number of hydrogen-bond acceptors (Lipinski definition) is 2. The molecule has 2 atom stereocenters. The molecule has 0 saturated carbocycles. The van der Waals surface area contributed by atoms with Crippen LogP contribution in [0.1, 0.15) is 18.5 Å². The van der Waals surface area contributed by atoms with Crippen molar-refractivity contribution >= 4 is 20.2 Å². The first-order chi connectivity index (χ1) is 8.70. The van der Waals surface area contributed by atoms with Gasteiger partial charge in [0.15, 0.2) is 0 Å². The molecule has 0 bridgehead atoms. The average molecular weight is 259 g/mol. The van der Waals surface area contributed by atoms with Gasteiger partial charge in [0.25, 0.3) is 0 Å². The fourth-order valence-corrected chi connectivity index (χ4v) is 2.13. The zero-order chi connectivity index (χ0) is 13.0. The van der Waals surface area contributed by atoms with Crippen molar-refractivity contribution in [1.82, 2.24) is 0 Å². The molecule has 0 aromatic heterocycles. The van der Waals surface area contributed by atoms with Crippen molar-refractivity contribution in [3.63, 3.8) is 0 Å². The number of anilines is 1. The Balaban J connectivity index is 2.11. The Morgan fingerprint density at radius 3 is 2.33 bits per heavy atom. The van der Waals surface area contributed by atoms with Crippen molar-refractivity contribution in [2.75, 3.05) is 12.4 Å². The standard InChI is InChI=1S/C15H18NOP/c1-11(12-7-9-13(17-2)10-8-12)16-14-5-3-4-6-15(14)18/h3-11,16H,18H2,1-2H3/t11-/m0/s1. The lowest BCUT2D eigenvalue weighted by atomic mass is 10.1. The zero-order valence-corrected chi connectivity index (χ0v) is 11.8. The van der Waals surface area contributed by atoms with Crippen LogP contribution in [0, 0.1) is 0 Å². The van der Waals surface area contributed by atoms with E-state index in [2.05, 4.69) is 45.7 Å². The monoisotopic (exact) mass is 259 g/mol. The number of rotatable bonds is 4. The first-order valence-electron chi connectivity index (χ1n) is 5.95. The Morgan fingerprint density at radius 1 is 1.06 bits per heavy atom. The number of hydrogen-bond donors (Lipinski definition) is 1. The third-order valence-corrected chi connectivity index (χ3v) is 3.45. The second-order valence-electron chi connectivity index (χ2n) is 4.23. The Kier molecular flexibility index (Phi) is 4.22. The van der Waals surface area contributed by atoms with E-state index in [-0.39, 0.29) is 6.04 Å². The van der Waals surface area contributed by atoms with E-state index >= 15 is 0 Å². The highest BCUT2D eigenvalue weighted by Crippen LogP contribution is 2.21. The topological polar surface area (TPSA) is 21.3 Å². The summed E-state index contributed by atoms with van der Waals surface area (Å²) in [6.07, 6.45) is 0. The summed E-state index contributed by atoms with van der Waals surface area (Å²) in [5, 5.41) is 4.68. The van der Waals surface area contributed by atoms with Crippen molar-refractivity contribution in [2.45, 2.75) is 13.0 Å². The molecule has 0 radical (unpaired) electrons. The Bertz CT molecular complexity index is 510. The van der Waals surface area contributed by atoms with Gasteiger partial charge < -0.3 is 10.1 Å². The molecular weight excluding hydrogens is 241 g/mol. The third-order valence-electron chi connectivity index (χ3n) is 2.95. The Morgan fingerprint density at radius 2 is 1.72 bits per heavy atom. The lowest BCUT2D eigenvalue weighted by Gasteiger charge is -2.17. The van der Waals surface area contributed by atoms with Gasteiger partial charge in [0.2, 0.25) is 0 Å². The molecule has 2 nitrogen and oxygen atoms in total. The number of methoxy groups -OCH3 is 1. The molecule has 18 heavy (non-hydrogen) atoms. The molecule has 0 heterocycles. The SMILES string of the molecule is COc1ccc([C@H](C)Nc2ccccc2P)cc1. The fourth-order valence-electron chi connectivity index (χ4n) is 1.84. The molecule has 94 valence electrons. The summed E-state index contributed by atoms with van der Waals surface area (Å²) in [6, 6.07) is 16.6. The fraction of sp³-hybridized carbons (Fsp3) is 0.200. The molecule has 0 aliphatic carbocycles. The van der Waals surface area contributed by atoms with Crippen LogP contribution in [0.5, 0.6) is 5.75 Å². The van der Waals surface area contributed by atoms with Crippen LogP contribution in [0.3, 0.4) is 0 Å². The van der Waals surface area contributed by atoms with E-state index in [4.69, 9.17) is 4.74 Å². The molecule has 0 aliphatic heterocycles. The van der Waals surface area contributed by atoms with E-state index in [9.17, 15) is 0 Å². The number of ether oxygens (including phenoxy) is 1. The first kappa shape index (κ1) is 12.9. The van der Waals surface area contributed by atoms with Gasteiger partial charge in [0, 0.05) is 11.7 Å². The van der Waals surface area contributed by atoms with Crippen molar-refractivity contribution in [3.05, 3.63) is 54.1 Å². The van der Waals surface area contributed by atoms with Crippen molar-refractivity contribution < 1.29 is 4.74 Å². The molecule has 0 fully saturated rings. The molecule has 0 aliphatic rings. The summed E-state index contributed by atoms with van der Waals surface area (Å²) in [5.74, 6) is 0.886. The largest absolute Gasteiger partial charge is 0.497 e. The van der Waals surface area contributed by atoms with Gasteiger partial charge in [-0.05, 0) is 36.0 Å². The zero-order valence-electron chi connectivity index (χ0n) is 10.7. The van der Waals surface area contributed by atoms with Crippen molar-refractivity contribution in [3.8, 4) is 5.75 Å². The first-order valence-corrected chi connectivity index (χ1v) is 6.53. The van der Waals surface area contributed by atoms with E-state index < -0.39 is 0 Å². The van der Waals surface area contributed by atoms with E-state index in [1.807, 2.05) is 24.3 Å². The third kappa shape index (κ3) is 3.02. The predicted molar refractivity (Wildman–Crippen MR) is 80.8 cm³/mol. The van der Waals surface area contributed by atoms with Gasteiger partial charge in [0.05, 0.1) is 7.11 Å². The van der Waals surface area contributed by atoms with Crippen LogP contribution in [0.2, 0.25) is 0 Å². The normalized spacial score (nSPS) is 11.9. The summed E-state index contributed by atoms with van der Waals surface area (Å²) in [5.41, 5.74) is 2.38. The minimum Gasteiger partial charge on any atom is -0.497 e. The van der Waals surface area contributed by atoms with Crippen LogP contribution in [-0.2, 0) is 0 Å². The molecule has 3 heteroatoms. The molecule has 2 aromatic rings. The second-order valence-corrected chi connectivity index (χ2v) is 4.85. The molecule has 0 amide bonds. The maximum atomic E-state index is 5.16. The molecule has 1 unspecified atom stereocenters. The number of para-hydroxylation sites is 1. The van der Waals surface area contributed by atoms with E-state index in [1.165, 1.54) is 10.9 Å². The lowest BCUT2D eigenvalue weighted by molar-refractivity contribution is 0.414. The van der Waals surface area contributed by atoms with E-state index in [0.29, 0.717) is 0 Å². The summed E-state index contributed by atoms with van der Waals surface area (Å²) in [4.78, 5) is 0. The smallest absolute Gasteiger partial charge is 0.118 e. The highest BCUT2D eigenvalue weighted by atomic mass is 31.0. The van der Waals surface area contributed by atoms with Gasteiger partial charge in [-0.15, -0.1) is 9.24 Å². The minimum absolute atomic E-state index is 0.262. The maximum absolute atomic E-state index is 5.16. The summed E-state index contributed by atoms with van der Waals surface area (Å²) in [6.45, 7) is 2.15. The van der Waals surface area contributed by atoms with Gasteiger partial charge in [-0.1, -0.05) is 30.3 Å². The van der Waals surface area contributed by atoms with Crippen LogP contribution in [0.4, 0.5) is 5.69 Å². The lowest BCUT2D eigenvalue weighted by Crippen LogP contribution is -2.11. The van der Waals surface area contributed by atoms with Gasteiger partial charge in [-0.2, -0.15) is 0 Å². The average Bonchev–Trinajstić information content (AvgIpc) is 2.41. The highest BCUT2D eigenvalue weighted by molar-refractivity contribution is 7.28. The van der Waals surface area contributed by atoms with Crippen LogP contribution in [0.25, 0.3) is 0 Å². The Labute approximate surface area is 111 Å². The van der Waals surface area contributed by atoms with Gasteiger partial charge >= 0.3 is 0 Å². The molecule has 1 N–H and O–H groups in total. The van der Waals surface area contributed by atoms with Crippen LogP contribution < -0.4 is 15.4 Å². The number of benzene rings is 2. The van der Waals surface area contributed by atoms with Crippen LogP contribution in [0.15, 0.2) is 48.5 Å². The second kappa shape index (κ2) is 5.88. The van der Waals surface area contributed by atoms with Crippen LogP contribution >= 0.6 is 9.24 Å². The van der Waals surface area contributed by atoms with Gasteiger partial charge in [-0.25, -0.2) is 0 Å². The number of nitrogens with one attached hydrogen (secondary N) is 1. The molecule has 0 spiro atoms. The summed E-state index contributed by atoms with van der Waals surface area (Å²) in [7, 11) is 4.43. The molecule has 0 saturated heterocycles. The van der Waals surface area contributed by atoms with Crippen molar-refractivity contribution in [2.24, 2.45) is 0 Å². The highest BCUT2D eigenvalue weighted by Gasteiger charge is 2.06. The summed E-state index contributed by atoms with van der Waals surface area (Å²) < 4.78 is 5.16. The van der Waals surface area contributed by atoms with Crippen molar-refractivity contribution in [1.29, 1.82) is 0 Å². The minimum atomic E-state index is 0.262. The molecular formula is C15H18NOP. The van der Waals surface area contributed by atoms with Gasteiger partial charge in [-0.3, -0.25) is 0 Å². The van der Waals surface area contributed by atoms with E-state index in [1.54, 1.807) is 7.11 Å². The Hall–Kier alpha value is -1.53. The van der Waals surface area contributed by atoms with Crippen LogP contribution in [-0.4, -0.2) is 7.11 Å². The quantitative estimate of drug-likeness (QED) is 0.850. The molecule has 2 rings (SSSR count). The predicted octanol–water partition coefficient (Wildman–Crippen LogP) is 3.37. The molecule has 2 aromatic carbocycles. The maximum Gasteiger partial charge on any atom is 0.118 e. The van der Waals surface area contributed by atoms with Gasteiger partial charge in [0.1, 0.15) is 5.75 Å². The van der Waals surface area contributed by atoms with E-state index in [0.717, 1.165) is 11.4 Å².